The topological polar surface area (TPSA) is 38.3 Å². The SMILES string of the molecule is CCOc1ccc(C=CC(=O)Nc2c(C)cccc2C)cc1. The van der Waals surface area contributed by atoms with Crippen LogP contribution in [0.1, 0.15) is 23.6 Å². The molecule has 0 aromatic heterocycles. The Balaban J connectivity index is 2.02. The fraction of sp³-hybridized carbons (Fsp3) is 0.211. The summed E-state index contributed by atoms with van der Waals surface area (Å²) in [6, 6.07) is 13.6. The molecule has 0 atom stereocenters. The first-order valence-corrected chi connectivity index (χ1v) is 7.38. The van der Waals surface area contributed by atoms with Crippen LogP contribution >= 0.6 is 0 Å². The molecule has 0 unspecified atom stereocenters. The van der Waals surface area contributed by atoms with Crippen LogP contribution in [-0.4, -0.2) is 12.5 Å². The summed E-state index contributed by atoms with van der Waals surface area (Å²) < 4.78 is 5.39. The smallest absolute Gasteiger partial charge is 0.248 e. The molecule has 114 valence electrons. The molecular formula is C19H21NO2. The van der Waals surface area contributed by atoms with E-state index in [1.807, 2.05) is 63.2 Å². The molecule has 1 amide bonds. The Bertz CT molecular complexity index is 652. The van der Waals surface area contributed by atoms with E-state index in [-0.39, 0.29) is 5.91 Å². The molecule has 0 saturated heterocycles. The Hall–Kier alpha value is -2.55. The number of carbonyl (C=O) groups is 1. The first-order chi connectivity index (χ1) is 10.6. The van der Waals surface area contributed by atoms with Crippen LogP contribution in [0.25, 0.3) is 6.08 Å². The van der Waals surface area contributed by atoms with E-state index >= 15 is 0 Å². The van der Waals surface area contributed by atoms with Gasteiger partial charge in [-0.3, -0.25) is 4.79 Å². The van der Waals surface area contributed by atoms with E-state index in [0.717, 1.165) is 28.1 Å². The van der Waals surface area contributed by atoms with Crippen LogP contribution in [0.15, 0.2) is 48.5 Å². The van der Waals surface area contributed by atoms with Gasteiger partial charge in [-0.25, -0.2) is 0 Å². The maximum absolute atomic E-state index is 12.0. The summed E-state index contributed by atoms with van der Waals surface area (Å²) in [7, 11) is 0. The van der Waals surface area contributed by atoms with Gasteiger partial charge in [0.15, 0.2) is 0 Å². The Morgan fingerprint density at radius 3 is 2.32 bits per heavy atom. The third-order valence-corrected chi connectivity index (χ3v) is 3.35. The number of anilines is 1. The van der Waals surface area contributed by atoms with Crippen LogP contribution in [0.2, 0.25) is 0 Å². The molecule has 0 fully saturated rings. The van der Waals surface area contributed by atoms with Crippen molar-refractivity contribution in [3.05, 3.63) is 65.2 Å². The highest BCUT2D eigenvalue weighted by Gasteiger charge is 2.04. The first kappa shape index (κ1) is 15.8. The Labute approximate surface area is 131 Å². The third kappa shape index (κ3) is 4.22. The molecule has 0 heterocycles. The second-order valence-electron chi connectivity index (χ2n) is 5.09. The lowest BCUT2D eigenvalue weighted by Gasteiger charge is -2.09. The van der Waals surface area contributed by atoms with Crippen LogP contribution in [-0.2, 0) is 4.79 Å². The second-order valence-corrected chi connectivity index (χ2v) is 5.09. The molecule has 1 N–H and O–H groups in total. The van der Waals surface area contributed by atoms with Crippen LogP contribution < -0.4 is 10.1 Å². The monoisotopic (exact) mass is 295 g/mol. The molecule has 0 saturated carbocycles. The lowest BCUT2D eigenvalue weighted by molar-refractivity contribution is -0.111. The number of benzene rings is 2. The highest BCUT2D eigenvalue weighted by Crippen LogP contribution is 2.19. The standard InChI is InChI=1S/C19H21NO2/c1-4-22-17-11-8-16(9-12-17)10-13-18(21)20-19-14(2)6-5-7-15(19)3/h5-13H,4H2,1-3H3,(H,20,21). The minimum atomic E-state index is -0.133. The van der Waals surface area contributed by atoms with Crippen LogP contribution in [0.3, 0.4) is 0 Å². The number of hydrogen-bond acceptors (Lipinski definition) is 2. The summed E-state index contributed by atoms with van der Waals surface area (Å²) >= 11 is 0. The number of para-hydroxylation sites is 1. The quantitative estimate of drug-likeness (QED) is 0.833. The predicted octanol–water partition coefficient (Wildman–Crippen LogP) is 4.35. The van der Waals surface area contributed by atoms with Gasteiger partial charge in [-0.2, -0.15) is 0 Å². The number of carbonyl (C=O) groups excluding carboxylic acids is 1. The predicted molar refractivity (Wildman–Crippen MR) is 91.2 cm³/mol. The van der Waals surface area contributed by atoms with Gasteiger partial charge in [0, 0.05) is 11.8 Å². The van der Waals surface area contributed by atoms with Crippen molar-refractivity contribution in [2.75, 3.05) is 11.9 Å². The molecule has 0 aliphatic rings. The summed E-state index contributed by atoms with van der Waals surface area (Å²) in [6.07, 6.45) is 3.33. The van der Waals surface area contributed by atoms with Crippen LogP contribution in [0.5, 0.6) is 5.75 Å². The van der Waals surface area contributed by atoms with Gasteiger partial charge in [0.05, 0.1) is 6.61 Å². The lowest BCUT2D eigenvalue weighted by atomic mass is 10.1. The number of amides is 1. The van der Waals surface area contributed by atoms with Gasteiger partial charge in [0.2, 0.25) is 5.91 Å². The molecule has 2 aromatic rings. The average Bonchev–Trinajstić information content (AvgIpc) is 2.51. The van der Waals surface area contributed by atoms with E-state index in [0.29, 0.717) is 6.61 Å². The first-order valence-electron chi connectivity index (χ1n) is 7.38. The summed E-state index contributed by atoms with van der Waals surface area (Å²) in [6.45, 7) is 6.57. The normalized spacial score (nSPS) is 10.7. The van der Waals surface area contributed by atoms with E-state index in [2.05, 4.69) is 5.32 Å². The van der Waals surface area contributed by atoms with Crippen molar-refractivity contribution in [3.8, 4) is 5.75 Å². The highest BCUT2D eigenvalue weighted by molar-refractivity contribution is 6.02. The van der Waals surface area contributed by atoms with Crippen molar-refractivity contribution in [1.82, 2.24) is 0 Å². The van der Waals surface area contributed by atoms with E-state index in [1.54, 1.807) is 12.2 Å². The van der Waals surface area contributed by atoms with Crippen molar-refractivity contribution in [2.24, 2.45) is 0 Å². The Kier molecular flexibility index (Phi) is 5.37. The van der Waals surface area contributed by atoms with E-state index in [9.17, 15) is 4.79 Å². The van der Waals surface area contributed by atoms with E-state index < -0.39 is 0 Å². The van der Waals surface area contributed by atoms with Crippen molar-refractivity contribution < 1.29 is 9.53 Å². The van der Waals surface area contributed by atoms with Gasteiger partial charge >= 0.3 is 0 Å². The Morgan fingerprint density at radius 1 is 1.09 bits per heavy atom. The van der Waals surface area contributed by atoms with Crippen LogP contribution in [0, 0.1) is 13.8 Å². The summed E-state index contributed by atoms with van der Waals surface area (Å²) in [5.74, 6) is 0.700. The van der Waals surface area contributed by atoms with Crippen molar-refractivity contribution in [3.63, 3.8) is 0 Å². The van der Waals surface area contributed by atoms with Gasteiger partial charge in [-0.15, -0.1) is 0 Å². The molecular weight excluding hydrogens is 274 g/mol. The fourth-order valence-corrected chi connectivity index (χ4v) is 2.19. The number of nitrogens with one attached hydrogen (secondary N) is 1. The van der Waals surface area contributed by atoms with Crippen molar-refractivity contribution in [1.29, 1.82) is 0 Å². The largest absolute Gasteiger partial charge is 0.494 e. The molecule has 0 aliphatic carbocycles. The molecule has 2 rings (SSSR count). The molecule has 3 nitrogen and oxygen atoms in total. The highest BCUT2D eigenvalue weighted by atomic mass is 16.5. The minimum Gasteiger partial charge on any atom is -0.494 e. The average molecular weight is 295 g/mol. The molecule has 22 heavy (non-hydrogen) atoms. The van der Waals surface area contributed by atoms with Crippen LogP contribution in [0.4, 0.5) is 5.69 Å². The molecule has 3 heteroatoms. The van der Waals surface area contributed by atoms with E-state index in [1.165, 1.54) is 0 Å². The van der Waals surface area contributed by atoms with E-state index in [4.69, 9.17) is 4.74 Å². The Morgan fingerprint density at radius 2 is 1.73 bits per heavy atom. The van der Waals surface area contributed by atoms with Gasteiger partial charge in [0.1, 0.15) is 5.75 Å². The van der Waals surface area contributed by atoms with Gasteiger partial charge in [-0.1, -0.05) is 30.3 Å². The number of aryl methyl sites for hydroxylation is 2. The van der Waals surface area contributed by atoms with Gasteiger partial charge in [0.25, 0.3) is 0 Å². The second kappa shape index (κ2) is 7.46. The molecule has 0 radical (unpaired) electrons. The molecule has 0 bridgehead atoms. The lowest BCUT2D eigenvalue weighted by Crippen LogP contribution is -2.10. The zero-order valence-corrected chi connectivity index (χ0v) is 13.2. The summed E-state index contributed by atoms with van der Waals surface area (Å²) in [4.78, 5) is 12.0. The maximum Gasteiger partial charge on any atom is 0.248 e. The van der Waals surface area contributed by atoms with Crippen molar-refractivity contribution in [2.45, 2.75) is 20.8 Å². The zero-order valence-electron chi connectivity index (χ0n) is 13.2. The molecule has 2 aromatic carbocycles. The third-order valence-electron chi connectivity index (χ3n) is 3.35. The number of hydrogen-bond donors (Lipinski definition) is 1. The van der Waals surface area contributed by atoms with Gasteiger partial charge < -0.3 is 10.1 Å². The number of ether oxygens (including phenoxy) is 1. The maximum atomic E-state index is 12.0. The molecule has 0 spiro atoms. The summed E-state index contributed by atoms with van der Waals surface area (Å²) in [5, 5.41) is 2.93. The van der Waals surface area contributed by atoms with Gasteiger partial charge in [-0.05, 0) is 55.7 Å². The molecule has 0 aliphatic heterocycles. The van der Waals surface area contributed by atoms with Crippen molar-refractivity contribution >= 4 is 17.7 Å². The summed E-state index contributed by atoms with van der Waals surface area (Å²) in [5.41, 5.74) is 3.95. The zero-order chi connectivity index (χ0) is 15.9. The number of rotatable bonds is 5. The fourth-order valence-electron chi connectivity index (χ4n) is 2.19. The minimum absolute atomic E-state index is 0.133.